The van der Waals surface area contributed by atoms with Gasteiger partial charge >= 0.3 is 0 Å². The minimum absolute atomic E-state index is 0.136. The molecule has 0 aromatic heterocycles. The Kier molecular flexibility index (Phi) is 6.45. The van der Waals surface area contributed by atoms with Crippen molar-refractivity contribution >= 4 is 5.91 Å². The summed E-state index contributed by atoms with van der Waals surface area (Å²) < 4.78 is 11.4. The molecule has 0 unspecified atom stereocenters. The van der Waals surface area contributed by atoms with Gasteiger partial charge in [0.15, 0.2) is 6.10 Å². The maximum Gasteiger partial charge on any atom is 0.261 e. The second-order valence-corrected chi connectivity index (χ2v) is 6.49. The molecule has 0 radical (unpaired) electrons. The molecule has 0 heterocycles. The first-order valence-electron chi connectivity index (χ1n) is 8.63. The third kappa shape index (κ3) is 5.52. The number of nitrogens with one attached hydrogen (secondary N) is 1. The number of amides is 1. The topological polar surface area (TPSA) is 47.6 Å². The van der Waals surface area contributed by atoms with Gasteiger partial charge in [-0.25, -0.2) is 0 Å². The molecule has 2 aromatic rings. The first-order chi connectivity index (χ1) is 11.9. The summed E-state index contributed by atoms with van der Waals surface area (Å²) in [5, 5.41) is 2.91. The summed E-state index contributed by atoms with van der Waals surface area (Å²) in [5.41, 5.74) is 3.22. The Hall–Kier alpha value is -2.49. The Morgan fingerprint density at radius 3 is 2.32 bits per heavy atom. The lowest BCUT2D eigenvalue weighted by Gasteiger charge is -2.17. The van der Waals surface area contributed by atoms with Crippen LogP contribution in [0, 0.1) is 13.8 Å². The van der Waals surface area contributed by atoms with Crippen molar-refractivity contribution in [2.45, 2.75) is 53.4 Å². The zero-order chi connectivity index (χ0) is 18.4. The number of hydrogen-bond donors (Lipinski definition) is 1. The predicted octanol–water partition coefficient (Wildman–Crippen LogP) is 4.17. The molecule has 0 aliphatic carbocycles. The van der Waals surface area contributed by atoms with E-state index < -0.39 is 6.10 Å². The molecule has 0 aliphatic heterocycles. The first-order valence-corrected chi connectivity index (χ1v) is 8.63. The van der Waals surface area contributed by atoms with Gasteiger partial charge in [-0.1, -0.05) is 24.3 Å². The number of carbonyl (C=O) groups excluding carboxylic acids is 1. The van der Waals surface area contributed by atoms with Gasteiger partial charge < -0.3 is 14.8 Å². The van der Waals surface area contributed by atoms with Crippen LogP contribution in [0.3, 0.4) is 0 Å². The summed E-state index contributed by atoms with van der Waals surface area (Å²) in [5.74, 6) is 1.44. The van der Waals surface area contributed by atoms with Crippen LogP contribution in [0.2, 0.25) is 0 Å². The average Bonchev–Trinajstić information content (AvgIpc) is 2.57. The van der Waals surface area contributed by atoms with Crippen LogP contribution in [-0.4, -0.2) is 18.1 Å². The SMILES string of the molecule is Cc1cccc(O[C@@H](C)C(=O)NCc2ccc(OC(C)C)cc2)c1C. The molecule has 1 amide bonds. The van der Waals surface area contributed by atoms with Crippen LogP contribution in [-0.2, 0) is 11.3 Å². The van der Waals surface area contributed by atoms with Gasteiger partial charge in [0.05, 0.1) is 6.10 Å². The molecule has 0 spiro atoms. The van der Waals surface area contributed by atoms with Crippen LogP contribution in [0.4, 0.5) is 0 Å². The van der Waals surface area contributed by atoms with Gasteiger partial charge in [-0.05, 0) is 69.5 Å². The van der Waals surface area contributed by atoms with E-state index in [1.807, 2.05) is 70.2 Å². The summed E-state index contributed by atoms with van der Waals surface area (Å²) in [6, 6.07) is 13.6. The Bertz CT molecular complexity index is 708. The van der Waals surface area contributed by atoms with Crippen molar-refractivity contribution in [2.75, 3.05) is 0 Å². The highest BCUT2D eigenvalue weighted by molar-refractivity contribution is 5.80. The molecule has 2 rings (SSSR count). The van der Waals surface area contributed by atoms with Gasteiger partial charge in [0.25, 0.3) is 5.91 Å². The van der Waals surface area contributed by atoms with Crippen molar-refractivity contribution in [3.63, 3.8) is 0 Å². The maximum atomic E-state index is 12.3. The quantitative estimate of drug-likeness (QED) is 0.822. The first kappa shape index (κ1) is 18.8. The third-order valence-electron chi connectivity index (χ3n) is 3.99. The van der Waals surface area contributed by atoms with E-state index in [4.69, 9.17) is 9.47 Å². The maximum absolute atomic E-state index is 12.3. The number of hydrogen-bond acceptors (Lipinski definition) is 3. The molecule has 4 nitrogen and oxygen atoms in total. The summed E-state index contributed by atoms with van der Waals surface area (Å²) in [7, 11) is 0. The third-order valence-corrected chi connectivity index (χ3v) is 3.99. The van der Waals surface area contributed by atoms with Crippen molar-refractivity contribution < 1.29 is 14.3 Å². The summed E-state index contributed by atoms with van der Waals surface area (Å²) in [4.78, 5) is 12.3. The van der Waals surface area contributed by atoms with Crippen molar-refractivity contribution in [2.24, 2.45) is 0 Å². The minimum Gasteiger partial charge on any atom is -0.491 e. The second kappa shape index (κ2) is 8.56. The van der Waals surface area contributed by atoms with Crippen LogP contribution in [0.15, 0.2) is 42.5 Å². The molecule has 4 heteroatoms. The molecule has 0 saturated heterocycles. The van der Waals surface area contributed by atoms with Crippen LogP contribution < -0.4 is 14.8 Å². The fourth-order valence-electron chi connectivity index (χ4n) is 2.39. The largest absolute Gasteiger partial charge is 0.491 e. The number of ether oxygens (including phenoxy) is 2. The zero-order valence-corrected chi connectivity index (χ0v) is 15.6. The summed E-state index contributed by atoms with van der Waals surface area (Å²) in [6.07, 6.45) is -0.405. The number of carbonyl (C=O) groups is 1. The van der Waals surface area contributed by atoms with E-state index in [-0.39, 0.29) is 12.0 Å². The number of benzene rings is 2. The van der Waals surface area contributed by atoms with Gasteiger partial charge in [0.2, 0.25) is 0 Å². The van der Waals surface area contributed by atoms with E-state index in [0.29, 0.717) is 6.54 Å². The van der Waals surface area contributed by atoms with E-state index in [2.05, 4.69) is 5.32 Å². The molecule has 1 atom stereocenters. The fraction of sp³-hybridized carbons (Fsp3) is 0.381. The monoisotopic (exact) mass is 341 g/mol. The molecule has 0 fully saturated rings. The minimum atomic E-state index is -0.552. The van der Waals surface area contributed by atoms with Gasteiger partial charge in [-0.3, -0.25) is 4.79 Å². The number of aryl methyl sites for hydroxylation is 1. The highest BCUT2D eigenvalue weighted by atomic mass is 16.5. The predicted molar refractivity (Wildman–Crippen MR) is 100 cm³/mol. The van der Waals surface area contributed by atoms with Crippen molar-refractivity contribution in [1.82, 2.24) is 5.32 Å². The van der Waals surface area contributed by atoms with E-state index in [1.54, 1.807) is 6.92 Å². The Balaban J connectivity index is 1.88. The van der Waals surface area contributed by atoms with E-state index in [0.717, 1.165) is 28.2 Å². The van der Waals surface area contributed by atoms with Crippen LogP contribution in [0.1, 0.15) is 37.5 Å². The van der Waals surface area contributed by atoms with Gasteiger partial charge in [0.1, 0.15) is 11.5 Å². The van der Waals surface area contributed by atoms with Crippen LogP contribution >= 0.6 is 0 Å². The van der Waals surface area contributed by atoms with E-state index in [1.165, 1.54) is 0 Å². The molecular weight excluding hydrogens is 314 g/mol. The highest BCUT2D eigenvalue weighted by Crippen LogP contribution is 2.21. The van der Waals surface area contributed by atoms with Gasteiger partial charge in [-0.2, -0.15) is 0 Å². The molecule has 2 aromatic carbocycles. The van der Waals surface area contributed by atoms with E-state index >= 15 is 0 Å². The van der Waals surface area contributed by atoms with Gasteiger partial charge in [-0.15, -0.1) is 0 Å². The standard InChI is InChI=1S/C21H27NO3/c1-14(2)24-19-11-9-18(10-12-19)13-22-21(23)17(5)25-20-8-6-7-15(3)16(20)4/h6-12,14,17H,13H2,1-5H3,(H,22,23)/t17-/m0/s1. The van der Waals surface area contributed by atoms with Gasteiger partial charge in [0, 0.05) is 6.54 Å². The fourth-order valence-corrected chi connectivity index (χ4v) is 2.39. The summed E-state index contributed by atoms with van der Waals surface area (Å²) >= 11 is 0. The summed E-state index contributed by atoms with van der Waals surface area (Å²) in [6.45, 7) is 10.2. The lowest BCUT2D eigenvalue weighted by atomic mass is 10.1. The second-order valence-electron chi connectivity index (χ2n) is 6.49. The van der Waals surface area contributed by atoms with Crippen molar-refractivity contribution in [3.05, 3.63) is 59.2 Å². The molecule has 25 heavy (non-hydrogen) atoms. The molecule has 134 valence electrons. The van der Waals surface area contributed by atoms with Crippen LogP contribution in [0.5, 0.6) is 11.5 Å². The van der Waals surface area contributed by atoms with Crippen LogP contribution in [0.25, 0.3) is 0 Å². The lowest BCUT2D eigenvalue weighted by Crippen LogP contribution is -2.36. The molecule has 1 N–H and O–H groups in total. The molecule has 0 aliphatic rings. The molecule has 0 bridgehead atoms. The van der Waals surface area contributed by atoms with E-state index in [9.17, 15) is 4.79 Å². The Labute approximate surface area is 150 Å². The lowest BCUT2D eigenvalue weighted by molar-refractivity contribution is -0.127. The zero-order valence-electron chi connectivity index (χ0n) is 15.6. The molecular formula is C21H27NO3. The smallest absolute Gasteiger partial charge is 0.261 e. The normalized spacial score (nSPS) is 11.9. The number of rotatable bonds is 7. The molecule has 0 saturated carbocycles. The highest BCUT2D eigenvalue weighted by Gasteiger charge is 2.15. The Morgan fingerprint density at radius 1 is 1.00 bits per heavy atom. The van der Waals surface area contributed by atoms with Crippen molar-refractivity contribution in [1.29, 1.82) is 0 Å². The van der Waals surface area contributed by atoms with Crippen molar-refractivity contribution in [3.8, 4) is 11.5 Å². The average molecular weight is 341 g/mol. The Morgan fingerprint density at radius 2 is 1.68 bits per heavy atom.